The maximum absolute atomic E-state index is 12.1. The van der Waals surface area contributed by atoms with Crippen molar-refractivity contribution in [2.75, 3.05) is 32.9 Å². The van der Waals surface area contributed by atoms with Crippen LogP contribution in [0.5, 0.6) is 5.75 Å². The summed E-state index contributed by atoms with van der Waals surface area (Å²) in [6.45, 7) is 5.32. The summed E-state index contributed by atoms with van der Waals surface area (Å²) in [5.41, 5.74) is 2.42. The van der Waals surface area contributed by atoms with E-state index in [9.17, 15) is 4.79 Å². The highest BCUT2D eigenvalue weighted by molar-refractivity contribution is 5.76. The smallest absolute Gasteiger partial charge is 0.223 e. The van der Waals surface area contributed by atoms with Gasteiger partial charge in [0.2, 0.25) is 5.91 Å². The molecule has 0 aromatic heterocycles. The van der Waals surface area contributed by atoms with E-state index in [0.717, 1.165) is 44.2 Å². The second kappa shape index (κ2) is 9.94. The molecule has 5 nitrogen and oxygen atoms in total. The van der Waals surface area contributed by atoms with Crippen LogP contribution in [0.25, 0.3) is 0 Å². The Morgan fingerprint density at radius 2 is 1.69 bits per heavy atom. The average Bonchev–Trinajstić information content (AvgIpc) is 2.69. The van der Waals surface area contributed by atoms with Gasteiger partial charge in [0.25, 0.3) is 0 Å². The molecule has 3 rings (SSSR count). The van der Waals surface area contributed by atoms with Crippen molar-refractivity contribution in [1.29, 1.82) is 0 Å². The van der Waals surface area contributed by atoms with Crippen LogP contribution >= 0.6 is 0 Å². The summed E-state index contributed by atoms with van der Waals surface area (Å²) in [7, 11) is 0. The first-order valence-electron chi connectivity index (χ1n) is 9.13. The predicted octanol–water partition coefficient (Wildman–Crippen LogP) is 2.60. The Morgan fingerprint density at radius 3 is 2.46 bits per heavy atom. The molecule has 0 aliphatic carbocycles. The molecule has 138 valence electrons. The van der Waals surface area contributed by atoms with Gasteiger partial charge in [-0.3, -0.25) is 9.69 Å². The Labute approximate surface area is 154 Å². The molecule has 1 N–H and O–H groups in total. The first-order valence-corrected chi connectivity index (χ1v) is 9.13. The van der Waals surface area contributed by atoms with Crippen LogP contribution in [0.1, 0.15) is 17.5 Å². The van der Waals surface area contributed by atoms with E-state index in [-0.39, 0.29) is 5.91 Å². The lowest BCUT2D eigenvalue weighted by atomic mass is 10.1. The molecular weight excluding hydrogens is 328 g/mol. The lowest BCUT2D eigenvalue weighted by Gasteiger charge is -2.27. The Morgan fingerprint density at radius 1 is 1.00 bits per heavy atom. The highest BCUT2D eigenvalue weighted by Crippen LogP contribution is 2.13. The van der Waals surface area contributed by atoms with Gasteiger partial charge in [0.15, 0.2) is 0 Å². The third kappa shape index (κ3) is 5.86. The van der Waals surface area contributed by atoms with Crippen molar-refractivity contribution in [3.63, 3.8) is 0 Å². The fourth-order valence-corrected chi connectivity index (χ4v) is 2.94. The average molecular weight is 354 g/mol. The summed E-state index contributed by atoms with van der Waals surface area (Å²) in [5.74, 6) is 0.790. The van der Waals surface area contributed by atoms with Gasteiger partial charge in [0.05, 0.1) is 26.2 Å². The van der Waals surface area contributed by atoms with Crippen LogP contribution in [0.3, 0.4) is 0 Å². The first-order chi connectivity index (χ1) is 12.8. The van der Waals surface area contributed by atoms with Crippen molar-refractivity contribution >= 4 is 5.91 Å². The topological polar surface area (TPSA) is 50.8 Å². The zero-order valence-electron chi connectivity index (χ0n) is 15.0. The van der Waals surface area contributed by atoms with Crippen molar-refractivity contribution in [2.24, 2.45) is 0 Å². The maximum Gasteiger partial charge on any atom is 0.223 e. The Kier molecular flexibility index (Phi) is 7.05. The molecule has 1 fully saturated rings. The monoisotopic (exact) mass is 354 g/mol. The highest BCUT2D eigenvalue weighted by Gasteiger charge is 2.13. The van der Waals surface area contributed by atoms with Crippen LogP contribution in [0, 0.1) is 0 Å². The van der Waals surface area contributed by atoms with Crippen molar-refractivity contribution in [3.8, 4) is 5.75 Å². The minimum atomic E-state index is 0.00195. The molecule has 0 bridgehead atoms. The summed E-state index contributed by atoms with van der Waals surface area (Å²) in [5, 5.41) is 3.00. The summed E-state index contributed by atoms with van der Waals surface area (Å²) in [6.07, 6.45) is 0.348. The van der Waals surface area contributed by atoms with Gasteiger partial charge in [-0.05, 0) is 23.3 Å². The molecule has 0 radical (unpaired) electrons. The molecule has 0 saturated carbocycles. The molecule has 2 aromatic carbocycles. The predicted molar refractivity (Wildman–Crippen MR) is 101 cm³/mol. The van der Waals surface area contributed by atoms with Gasteiger partial charge in [-0.15, -0.1) is 0 Å². The largest absolute Gasteiger partial charge is 0.493 e. The zero-order valence-corrected chi connectivity index (χ0v) is 15.0. The summed E-state index contributed by atoms with van der Waals surface area (Å²) in [4.78, 5) is 14.5. The van der Waals surface area contributed by atoms with Crippen LogP contribution < -0.4 is 10.1 Å². The number of carbonyl (C=O) groups is 1. The number of nitrogens with one attached hydrogen (secondary N) is 1. The fourth-order valence-electron chi connectivity index (χ4n) is 2.94. The number of rotatable bonds is 8. The van der Waals surface area contributed by atoms with E-state index in [2.05, 4.69) is 28.4 Å². The van der Waals surface area contributed by atoms with E-state index in [4.69, 9.17) is 9.47 Å². The molecule has 26 heavy (non-hydrogen) atoms. The van der Waals surface area contributed by atoms with E-state index in [1.807, 2.05) is 36.4 Å². The number of hydrogen-bond donors (Lipinski definition) is 1. The van der Waals surface area contributed by atoms with E-state index >= 15 is 0 Å². The number of nitrogens with zero attached hydrogens (tertiary/aromatic N) is 1. The third-order valence-electron chi connectivity index (χ3n) is 4.43. The van der Waals surface area contributed by atoms with Crippen LogP contribution in [-0.2, 0) is 22.6 Å². The number of hydrogen-bond acceptors (Lipinski definition) is 4. The maximum atomic E-state index is 12.1. The lowest BCUT2D eigenvalue weighted by Crippen LogP contribution is -2.36. The zero-order chi connectivity index (χ0) is 18.0. The van der Waals surface area contributed by atoms with Crippen molar-refractivity contribution in [1.82, 2.24) is 10.2 Å². The number of ether oxygens (including phenoxy) is 2. The SMILES string of the molecule is O=C(CCOc1ccccc1)NCc1ccccc1CN1CCOCC1. The van der Waals surface area contributed by atoms with Crippen LogP contribution in [0.15, 0.2) is 54.6 Å². The number of benzene rings is 2. The second-order valence-corrected chi connectivity index (χ2v) is 6.35. The van der Waals surface area contributed by atoms with Crippen molar-refractivity contribution in [2.45, 2.75) is 19.5 Å². The molecule has 1 saturated heterocycles. The van der Waals surface area contributed by atoms with Gasteiger partial charge >= 0.3 is 0 Å². The first kappa shape index (κ1) is 18.4. The number of para-hydroxylation sites is 1. The second-order valence-electron chi connectivity index (χ2n) is 6.35. The van der Waals surface area contributed by atoms with Crippen molar-refractivity contribution < 1.29 is 14.3 Å². The molecule has 0 unspecified atom stereocenters. The van der Waals surface area contributed by atoms with E-state index in [0.29, 0.717) is 19.6 Å². The van der Waals surface area contributed by atoms with Gasteiger partial charge in [-0.25, -0.2) is 0 Å². The van der Waals surface area contributed by atoms with Crippen LogP contribution in [-0.4, -0.2) is 43.7 Å². The summed E-state index contributed by atoms with van der Waals surface area (Å²) in [6, 6.07) is 17.8. The minimum Gasteiger partial charge on any atom is -0.493 e. The van der Waals surface area contributed by atoms with Crippen LogP contribution in [0.2, 0.25) is 0 Å². The molecule has 1 heterocycles. The van der Waals surface area contributed by atoms with E-state index < -0.39 is 0 Å². The molecule has 1 aliphatic rings. The third-order valence-corrected chi connectivity index (χ3v) is 4.43. The highest BCUT2D eigenvalue weighted by atomic mass is 16.5. The molecule has 5 heteroatoms. The molecule has 1 amide bonds. The molecule has 0 atom stereocenters. The normalized spacial score (nSPS) is 14.8. The molecule has 1 aliphatic heterocycles. The van der Waals surface area contributed by atoms with Gasteiger partial charge in [-0.1, -0.05) is 42.5 Å². The van der Waals surface area contributed by atoms with Gasteiger partial charge < -0.3 is 14.8 Å². The Hall–Kier alpha value is -2.37. The Balaban J connectivity index is 1.44. The van der Waals surface area contributed by atoms with E-state index in [1.54, 1.807) is 0 Å². The number of carbonyl (C=O) groups excluding carboxylic acids is 1. The molecular formula is C21H26N2O3. The van der Waals surface area contributed by atoms with Crippen molar-refractivity contribution in [3.05, 3.63) is 65.7 Å². The van der Waals surface area contributed by atoms with Gasteiger partial charge in [-0.2, -0.15) is 0 Å². The summed E-state index contributed by atoms with van der Waals surface area (Å²) < 4.78 is 11.0. The Bertz CT molecular complexity index is 685. The quantitative estimate of drug-likeness (QED) is 0.792. The van der Waals surface area contributed by atoms with Gasteiger partial charge in [0.1, 0.15) is 5.75 Å². The fraction of sp³-hybridized carbons (Fsp3) is 0.381. The number of amides is 1. The van der Waals surface area contributed by atoms with E-state index in [1.165, 1.54) is 5.56 Å². The minimum absolute atomic E-state index is 0.00195. The van der Waals surface area contributed by atoms with Crippen LogP contribution in [0.4, 0.5) is 0 Å². The molecule has 2 aromatic rings. The molecule has 0 spiro atoms. The summed E-state index contributed by atoms with van der Waals surface area (Å²) >= 11 is 0. The lowest BCUT2D eigenvalue weighted by molar-refractivity contribution is -0.121. The number of morpholine rings is 1. The standard InChI is InChI=1S/C21H26N2O3/c24-21(10-13-26-20-8-2-1-3-9-20)22-16-18-6-4-5-7-19(18)17-23-11-14-25-15-12-23/h1-9H,10-17H2,(H,22,24). The van der Waals surface area contributed by atoms with Gasteiger partial charge in [0, 0.05) is 26.2 Å².